The van der Waals surface area contributed by atoms with E-state index in [4.69, 9.17) is 4.74 Å². The van der Waals surface area contributed by atoms with Gasteiger partial charge in [0.25, 0.3) is 5.82 Å². The molecule has 0 aliphatic carbocycles. The maximum absolute atomic E-state index is 13.2. The predicted octanol–water partition coefficient (Wildman–Crippen LogP) is 4.75. The van der Waals surface area contributed by atoms with Crippen molar-refractivity contribution in [2.45, 2.75) is 6.18 Å². The van der Waals surface area contributed by atoms with Gasteiger partial charge in [0.1, 0.15) is 5.75 Å². The topological polar surface area (TPSA) is 44.9 Å². The number of ether oxygens (including phenoxy) is 1. The molecule has 4 rings (SSSR count). The summed E-state index contributed by atoms with van der Waals surface area (Å²) in [4.78, 5) is 3.75. The number of hydrogen-bond acceptors (Lipinski definition) is 3. The van der Waals surface area contributed by atoms with Crippen LogP contribution in [-0.4, -0.2) is 26.4 Å². The van der Waals surface area contributed by atoms with Gasteiger partial charge in [-0.1, -0.05) is 0 Å². The molecule has 0 aliphatic heterocycles. The van der Waals surface area contributed by atoms with Gasteiger partial charge in [-0.15, -0.1) is 5.10 Å². The summed E-state index contributed by atoms with van der Waals surface area (Å²) in [5.74, 6) is -0.484. The van der Waals surface area contributed by atoms with Crippen molar-refractivity contribution in [3.63, 3.8) is 0 Å². The molecule has 28 heavy (non-hydrogen) atoms. The van der Waals surface area contributed by atoms with Crippen molar-refractivity contribution < 1.29 is 17.9 Å². The minimum Gasteiger partial charge on any atom is -0.497 e. The summed E-state index contributed by atoms with van der Waals surface area (Å²) in [6, 6.07) is 17.4. The van der Waals surface area contributed by atoms with Crippen molar-refractivity contribution in [3.05, 3.63) is 78.9 Å². The van der Waals surface area contributed by atoms with Crippen LogP contribution in [0.5, 0.6) is 5.75 Å². The van der Waals surface area contributed by atoms with E-state index in [2.05, 4.69) is 10.1 Å². The third-order valence-electron chi connectivity index (χ3n) is 4.21. The first kappa shape index (κ1) is 17.8. The van der Waals surface area contributed by atoms with Crippen LogP contribution in [0.15, 0.2) is 73.1 Å². The van der Waals surface area contributed by atoms with Gasteiger partial charge in [-0.05, 0) is 60.7 Å². The highest BCUT2D eigenvalue weighted by Crippen LogP contribution is 2.31. The Kier molecular flexibility index (Phi) is 4.38. The van der Waals surface area contributed by atoms with Crippen molar-refractivity contribution in [1.82, 2.24) is 19.3 Å². The van der Waals surface area contributed by atoms with E-state index >= 15 is 0 Å². The second-order valence-electron chi connectivity index (χ2n) is 6.00. The Bertz CT molecular complexity index is 1070. The van der Waals surface area contributed by atoms with E-state index in [-0.39, 0.29) is 5.82 Å². The lowest BCUT2D eigenvalue weighted by atomic mass is 10.2. The van der Waals surface area contributed by atoms with Crippen molar-refractivity contribution in [1.29, 1.82) is 0 Å². The molecule has 2 heterocycles. The van der Waals surface area contributed by atoms with Crippen molar-refractivity contribution in [3.8, 4) is 28.5 Å². The van der Waals surface area contributed by atoms with Gasteiger partial charge in [0.05, 0.1) is 12.8 Å². The molecule has 5 nitrogen and oxygen atoms in total. The van der Waals surface area contributed by atoms with Gasteiger partial charge in [-0.25, -0.2) is 9.67 Å². The number of rotatable bonds is 4. The molecule has 0 saturated heterocycles. The fourth-order valence-electron chi connectivity index (χ4n) is 2.81. The molecule has 8 heteroatoms. The number of methoxy groups -OCH3 is 1. The quantitative estimate of drug-likeness (QED) is 0.510. The Morgan fingerprint density at radius 2 is 1.46 bits per heavy atom. The molecule has 0 spiro atoms. The van der Waals surface area contributed by atoms with E-state index in [1.54, 1.807) is 36.4 Å². The molecule has 2 aromatic heterocycles. The van der Waals surface area contributed by atoms with Crippen molar-refractivity contribution >= 4 is 0 Å². The number of nitrogens with zero attached hydrogens (tertiary/aromatic N) is 4. The summed E-state index contributed by atoms with van der Waals surface area (Å²) >= 11 is 0. The molecule has 0 radical (unpaired) electrons. The Labute approximate surface area is 158 Å². The standard InChI is InChI=1S/C20H15F3N4O/c1-28-17-10-8-16(9-11-17)27-18(24-19(25-27)20(21,22)23)14-4-6-15(7-5-14)26-12-2-3-13-26/h2-13H,1H3. The maximum atomic E-state index is 13.2. The molecule has 0 fully saturated rings. The Morgan fingerprint density at radius 3 is 2.04 bits per heavy atom. The summed E-state index contributed by atoms with van der Waals surface area (Å²) < 4.78 is 47.8. The zero-order valence-electron chi connectivity index (χ0n) is 14.8. The van der Waals surface area contributed by atoms with Crippen molar-refractivity contribution in [2.75, 3.05) is 7.11 Å². The number of halogens is 3. The largest absolute Gasteiger partial charge is 0.497 e. The van der Waals surface area contributed by atoms with Crippen LogP contribution in [0, 0.1) is 0 Å². The first-order valence-corrected chi connectivity index (χ1v) is 8.38. The molecular formula is C20H15F3N4O. The van der Waals surface area contributed by atoms with Gasteiger partial charge in [0.15, 0.2) is 5.82 Å². The average Bonchev–Trinajstić information content (AvgIpc) is 3.38. The van der Waals surface area contributed by atoms with E-state index < -0.39 is 12.0 Å². The zero-order valence-corrected chi connectivity index (χ0v) is 14.8. The average molecular weight is 384 g/mol. The van der Waals surface area contributed by atoms with E-state index in [1.807, 2.05) is 41.2 Å². The lowest BCUT2D eigenvalue weighted by molar-refractivity contribution is -0.144. The van der Waals surface area contributed by atoms with Crippen LogP contribution < -0.4 is 4.74 Å². The molecule has 0 aliphatic rings. The van der Waals surface area contributed by atoms with Crippen LogP contribution in [0.4, 0.5) is 13.2 Å². The number of alkyl halides is 3. The molecule has 4 aromatic rings. The van der Waals surface area contributed by atoms with Gasteiger partial charge in [-0.3, -0.25) is 0 Å². The molecule has 0 amide bonds. The van der Waals surface area contributed by atoms with E-state index in [1.165, 1.54) is 11.8 Å². The molecular weight excluding hydrogens is 369 g/mol. The summed E-state index contributed by atoms with van der Waals surface area (Å²) in [5, 5.41) is 3.69. The zero-order chi connectivity index (χ0) is 19.7. The molecule has 142 valence electrons. The number of aromatic nitrogens is 4. The monoisotopic (exact) mass is 384 g/mol. The van der Waals surface area contributed by atoms with Crippen LogP contribution in [0.25, 0.3) is 22.8 Å². The van der Waals surface area contributed by atoms with E-state index in [0.29, 0.717) is 17.0 Å². The van der Waals surface area contributed by atoms with Crippen LogP contribution >= 0.6 is 0 Å². The van der Waals surface area contributed by atoms with Crippen LogP contribution in [0.2, 0.25) is 0 Å². The summed E-state index contributed by atoms with van der Waals surface area (Å²) in [7, 11) is 1.52. The lowest BCUT2D eigenvalue weighted by Crippen LogP contribution is -2.08. The molecule has 0 atom stereocenters. The second-order valence-corrected chi connectivity index (χ2v) is 6.00. The first-order chi connectivity index (χ1) is 13.5. The highest BCUT2D eigenvalue weighted by Gasteiger charge is 2.37. The summed E-state index contributed by atoms with van der Waals surface area (Å²) in [6.45, 7) is 0. The fraction of sp³-hybridized carbons (Fsp3) is 0.100. The minimum absolute atomic E-state index is 0.108. The Balaban J connectivity index is 1.79. The van der Waals surface area contributed by atoms with Gasteiger partial charge >= 0.3 is 6.18 Å². The smallest absolute Gasteiger partial charge is 0.453 e. The van der Waals surface area contributed by atoms with Crippen LogP contribution in [0.3, 0.4) is 0 Å². The maximum Gasteiger partial charge on any atom is 0.453 e. The predicted molar refractivity (Wildman–Crippen MR) is 97.7 cm³/mol. The number of hydrogen-bond donors (Lipinski definition) is 0. The first-order valence-electron chi connectivity index (χ1n) is 8.38. The van der Waals surface area contributed by atoms with Gasteiger partial charge < -0.3 is 9.30 Å². The Hall–Kier alpha value is -3.55. The molecule has 0 unspecified atom stereocenters. The normalized spacial score (nSPS) is 11.6. The highest BCUT2D eigenvalue weighted by molar-refractivity contribution is 5.60. The van der Waals surface area contributed by atoms with Gasteiger partial charge in [0, 0.05) is 23.6 Å². The minimum atomic E-state index is -4.64. The molecule has 0 saturated carbocycles. The molecule has 0 bridgehead atoms. The number of benzene rings is 2. The third-order valence-corrected chi connectivity index (χ3v) is 4.21. The van der Waals surface area contributed by atoms with Gasteiger partial charge in [0.2, 0.25) is 0 Å². The SMILES string of the molecule is COc1ccc(-n2nc(C(F)(F)F)nc2-c2ccc(-n3cccc3)cc2)cc1. The highest BCUT2D eigenvalue weighted by atomic mass is 19.4. The van der Waals surface area contributed by atoms with Crippen LogP contribution in [0.1, 0.15) is 5.82 Å². The van der Waals surface area contributed by atoms with E-state index in [9.17, 15) is 13.2 Å². The van der Waals surface area contributed by atoms with Crippen LogP contribution in [-0.2, 0) is 6.18 Å². The molecule has 0 N–H and O–H groups in total. The second kappa shape index (κ2) is 6.88. The van der Waals surface area contributed by atoms with E-state index in [0.717, 1.165) is 5.69 Å². The van der Waals surface area contributed by atoms with Gasteiger partial charge in [-0.2, -0.15) is 13.2 Å². The lowest BCUT2D eigenvalue weighted by Gasteiger charge is -2.08. The summed E-state index contributed by atoms with van der Waals surface area (Å²) in [5.41, 5.74) is 1.86. The Morgan fingerprint density at radius 1 is 0.857 bits per heavy atom. The molecule has 2 aromatic carbocycles. The van der Waals surface area contributed by atoms with Crippen molar-refractivity contribution in [2.24, 2.45) is 0 Å². The summed E-state index contributed by atoms with van der Waals surface area (Å²) in [6.07, 6.45) is -0.870. The fourth-order valence-corrected chi connectivity index (χ4v) is 2.81. The third kappa shape index (κ3) is 3.36.